The number of anilines is 2. The average molecular weight is 538 g/mol. The molecule has 1 heterocycles. The minimum atomic E-state index is -0.592. The summed E-state index contributed by atoms with van der Waals surface area (Å²) in [5.74, 6) is -0.184. The number of carbonyl (C=O) groups is 2. The van der Waals surface area contributed by atoms with Crippen molar-refractivity contribution in [2.45, 2.75) is 18.6 Å². The van der Waals surface area contributed by atoms with Crippen LogP contribution in [0.25, 0.3) is 0 Å². The number of benzene rings is 3. The van der Waals surface area contributed by atoms with Crippen LogP contribution in [0.5, 0.6) is 5.75 Å². The largest absolute Gasteiger partial charge is 0.494 e. The molecule has 1 aliphatic heterocycles. The first-order chi connectivity index (χ1) is 17.4. The number of para-hydroxylation sites is 1. The monoisotopic (exact) mass is 537 g/mol. The molecule has 1 N–H and O–H groups in total. The van der Waals surface area contributed by atoms with E-state index in [1.165, 1.54) is 16.7 Å². The molecule has 4 rings (SSSR count). The Labute approximate surface area is 223 Å². The Hall–Kier alpha value is -3.44. The summed E-state index contributed by atoms with van der Waals surface area (Å²) in [6.07, 6.45) is 0.344. The van der Waals surface area contributed by atoms with E-state index < -0.39 is 11.2 Å². The van der Waals surface area contributed by atoms with Crippen LogP contribution >= 0.6 is 35.0 Å². The van der Waals surface area contributed by atoms with Gasteiger partial charge in [-0.3, -0.25) is 14.5 Å². The molecule has 0 saturated carbocycles. The number of hydrogen-bond donors (Lipinski definition) is 1. The van der Waals surface area contributed by atoms with Gasteiger partial charge in [0.2, 0.25) is 5.91 Å². The van der Waals surface area contributed by atoms with Gasteiger partial charge < -0.3 is 10.1 Å². The first-order valence-electron chi connectivity index (χ1n) is 11.1. The Balaban J connectivity index is 1.72. The third-order valence-corrected chi connectivity index (χ3v) is 7.35. The molecule has 0 bridgehead atoms. The fraction of sp³-hybridized carbons (Fsp3) is 0.148. The van der Waals surface area contributed by atoms with Crippen LogP contribution in [0.1, 0.15) is 12.5 Å². The predicted octanol–water partition coefficient (Wildman–Crippen LogP) is 6.46. The maximum absolute atomic E-state index is 13.6. The van der Waals surface area contributed by atoms with E-state index in [0.29, 0.717) is 40.2 Å². The van der Waals surface area contributed by atoms with Crippen molar-refractivity contribution in [3.05, 3.63) is 99.0 Å². The highest BCUT2D eigenvalue weighted by Crippen LogP contribution is 2.42. The average Bonchev–Trinajstić information content (AvgIpc) is 3.18. The van der Waals surface area contributed by atoms with Crippen molar-refractivity contribution in [3.8, 4) is 11.8 Å². The van der Waals surface area contributed by atoms with E-state index in [9.17, 15) is 14.9 Å². The molecular weight excluding hydrogens is 517 g/mol. The number of nitrogens with zero attached hydrogens (tertiary/aromatic N) is 2. The zero-order chi connectivity index (χ0) is 25.7. The van der Waals surface area contributed by atoms with E-state index >= 15 is 0 Å². The van der Waals surface area contributed by atoms with Crippen LogP contribution in [0.2, 0.25) is 10.0 Å². The van der Waals surface area contributed by atoms with E-state index in [4.69, 9.17) is 27.9 Å². The summed E-state index contributed by atoms with van der Waals surface area (Å²) in [7, 11) is 0. The van der Waals surface area contributed by atoms with Crippen LogP contribution in [-0.2, 0) is 16.0 Å². The predicted molar refractivity (Wildman–Crippen MR) is 144 cm³/mol. The summed E-state index contributed by atoms with van der Waals surface area (Å²) in [4.78, 5) is 28.2. The second-order valence-corrected chi connectivity index (χ2v) is 9.78. The Morgan fingerprint density at radius 3 is 2.44 bits per heavy atom. The van der Waals surface area contributed by atoms with Crippen LogP contribution in [0.4, 0.5) is 11.4 Å². The summed E-state index contributed by atoms with van der Waals surface area (Å²) >= 11 is 13.4. The van der Waals surface area contributed by atoms with Crippen molar-refractivity contribution in [2.75, 3.05) is 16.8 Å². The van der Waals surface area contributed by atoms with Crippen LogP contribution in [0, 0.1) is 11.3 Å². The van der Waals surface area contributed by atoms with Gasteiger partial charge in [0, 0.05) is 11.4 Å². The minimum Gasteiger partial charge on any atom is -0.494 e. The zero-order valence-corrected chi connectivity index (χ0v) is 21.5. The Bertz CT molecular complexity index is 1350. The molecular formula is C27H21Cl2N3O3S. The van der Waals surface area contributed by atoms with E-state index in [1.807, 2.05) is 19.1 Å². The summed E-state index contributed by atoms with van der Waals surface area (Å²) in [5.41, 5.74) is 1.74. The highest BCUT2D eigenvalue weighted by Gasteiger charge is 2.41. The zero-order valence-electron chi connectivity index (χ0n) is 19.2. The minimum absolute atomic E-state index is 0.150. The Kier molecular flexibility index (Phi) is 8.21. The maximum Gasteiger partial charge on any atom is 0.269 e. The molecule has 0 radical (unpaired) electrons. The second-order valence-electron chi connectivity index (χ2n) is 7.77. The second kappa shape index (κ2) is 11.5. The number of rotatable bonds is 7. The van der Waals surface area contributed by atoms with Crippen molar-refractivity contribution >= 4 is 58.2 Å². The van der Waals surface area contributed by atoms with E-state index in [-0.39, 0.29) is 16.5 Å². The topological polar surface area (TPSA) is 82.4 Å². The number of halogens is 2. The molecule has 0 aliphatic carbocycles. The quantitative estimate of drug-likeness (QED) is 0.276. The lowest BCUT2D eigenvalue weighted by Crippen LogP contribution is -2.30. The van der Waals surface area contributed by atoms with Gasteiger partial charge in [0.15, 0.2) is 0 Å². The van der Waals surface area contributed by atoms with E-state index in [1.54, 1.807) is 66.7 Å². The normalized spacial score (nSPS) is 16.4. The summed E-state index contributed by atoms with van der Waals surface area (Å²) < 4.78 is 5.51. The van der Waals surface area contributed by atoms with E-state index in [2.05, 4.69) is 5.32 Å². The fourth-order valence-corrected chi connectivity index (χ4v) is 5.30. The first kappa shape index (κ1) is 25.6. The lowest BCUT2D eigenvalue weighted by atomic mass is 10.1. The SMILES string of the molecule is CCOc1ccc(N2C(=O)C(Cc3ccc(Cl)c(Cl)c3)S/C2=C(/C#N)C(=O)Nc2ccccc2)cc1. The van der Waals surface area contributed by atoms with Crippen LogP contribution in [-0.4, -0.2) is 23.7 Å². The fourth-order valence-electron chi connectivity index (χ4n) is 3.68. The number of carbonyl (C=O) groups excluding carboxylic acids is 2. The van der Waals surface area contributed by atoms with Crippen molar-refractivity contribution < 1.29 is 14.3 Å². The molecule has 3 aromatic rings. The van der Waals surface area contributed by atoms with Gasteiger partial charge in [0.05, 0.1) is 21.9 Å². The van der Waals surface area contributed by atoms with Crippen LogP contribution in [0.3, 0.4) is 0 Å². The molecule has 1 aliphatic rings. The van der Waals surface area contributed by atoms with E-state index in [0.717, 1.165) is 5.56 Å². The molecule has 1 saturated heterocycles. The standard InChI is InChI=1S/C27H21Cl2N3O3S/c1-2-35-20-11-9-19(10-12-20)32-26(34)24(15-17-8-13-22(28)23(29)14-17)36-27(32)21(16-30)25(33)31-18-6-4-3-5-7-18/h3-14,24H,2,15H2,1H3,(H,31,33)/b27-21-. The van der Waals surface area contributed by atoms with Gasteiger partial charge in [0.1, 0.15) is 22.4 Å². The van der Waals surface area contributed by atoms with Gasteiger partial charge in [-0.2, -0.15) is 5.26 Å². The number of amides is 2. The van der Waals surface area contributed by atoms with Gasteiger partial charge in [-0.25, -0.2) is 0 Å². The number of ether oxygens (including phenoxy) is 1. The molecule has 1 atom stereocenters. The van der Waals surface area contributed by atoms with Crippen molar-refractivity contribution in [1.82, 2.24) is 0 Å². The Morgan fingerprint density at radius 2 is 1.81 bits per heavy atom. The summed E-state index contributed by atoms with van der Waals surface area (Å²) in [6.45, 7) is 2.39. The molecule has 0 spiro atoms. The lowest BCUT2D eigenvalue weighted by Gasteiger charge is -2.19. The summed E-state index contributed by atoms with van der Waals surface area (Å²) in [6, 6.07) is 23.0. The number of hydrogen-bond acceptors (Lipinski definition) is 5. The number of nitriles is 1. The smallest absolute Gasteiger partial charge is 0.269 e. The van der Waals surface area contributed by atoms with Gasteiger partial charge >= 0.3 is 0 Å². The highest BCUT2D eigenvalue weighted by atomic mass is 35.5. The molecule has 6 nitrogen and oxygen atoms in total. The number of nitrogens with one attached hydrogen (secondary N) is 1. The summed E-state index contributed by atoms with van der Waals surface area (Å²) in [5, 5.41) is 13.2. The Morgan fingerprint density at radius 1 is 1.08 bits per heavy atom. The van der Waals surface area contributed by atoms with Gasteiger partial charge in [-0.15, -0.1) is 0 Å². The highest BCUT2D eigenvalue weighted by molar-refractivity contribution is 8.05. The molecule has 2 amide bonds. The lowest BCUT2D eigenvalue weighted by molar-refractivity contribution is -0.117. The molecule has 0 aromatic heterocycles. The van der Waals surface area contributed by atoms with Gasteiger partial charge in [-0.1, -0.05) is 59.2 Å². The van der Waals surface area contributed by atoms with Crippen molar-refractivity contribution in [1.29, 1.82) is 5.26 Å². The molecule has 9 heteroatoms. The molecule has 3 aromatic carbocycles. The van der Waals surface area contributed by atoms with Crippen LogP contribution < -0.4 is 15.0 Å². The number of thioether (sulfide) groups is 1. The van der Waals surface area contributed by atoms with Gasteiger partial charge in [0.25, 0.3) is 5.91 Å². The van der Waals surface area contributed by atoms with Crippen molar-refractivity contribution in [3.63, 3.8) is 0 Å². The van der Waals surface area contributed by atoms with Crippen LogP contribution in [0.15, 0.2) is 83.4 Å². The molecule has 182 valence electrons. The first-order valence-corrected chi connectivity index (χ1v) is 12.7. The third kappa shape index (κ3) is 5.68. The van der Waals surface area contributed by atoms with Gasteiger partial charge in [-0.05, 0) is 67.4 Å². The molecule has 36 heavy (non-hydrogen) atoms. The third-order valence-electron chi connectivity index (χ3n) is 5.35. The molecule has 1 fully saturated rings. The van der Waals surface area contributed by atoms with Crippen molar-refractivity contribution in [2.24, 2.45) is 0 Å². The maximum atomic E-state index is 13.6. The molecule has 1 unspecified atom stereocenters.